The lowest BCUT2D eigenvalue weighted by Gasteiger charge is -2.15. The van der Waals surface area contributed by atoms with E-state index < -0.39 is 0 Å². The molecule has 0 saturated carbocycles. The van der Waals surface area contributed by atoms with Gasteiger partial charge in [-0.2, -0.15) is 0 Å². The molecule has 1 atom stereocenters. The second-order valence-corrected chi connectivity index (χ2v) is 5.09. The van der Waals surface area contributed by atoms with Crippen LogP contribution >= 0.6 is 11.6 Å². The van der Waals surface area contributed by atoms with Crippen molar-refractivity contribution < 1.29 is 4.74 Å². The Hall–Kier alpha value is -1.51. The van der Waals surface area contributed by atoms with Gasteiger partial charge in [-0.05, 0) is 36.6 Å². The van der Waals surface area contributed by atoms with Crippen molar-refractivity contribution in [3.8, 4) is 5.75 Å². The van der Waals surface area contributed by atoms with Gasteiger partial charge in [-0.15, -0.1) is 0 Å². The summed E-state index contributed by atoms with van der Waals surface area (Å²) < 4.78 is 5.14. The zero-order valence-electron chi connectivity index (χ0n) is 11.2. The molecule has 0 aliphatic rings. The first-order chi connectivity index (χ1) is 9.10. The van der Waals surface area contributed by atoms with Gasteiger partial charge >= 0.3 is 0 Å². The van der Waals surface area contributed by atoms with Crippen LogP contribution in [0.3, 0.4) is 0 Å². The molecule has 0 heterocycles. The molecule has 0 fully saturated rings. The standard InChI is InChI=1S/C16H18ClNO/c1-11-3-5-12(6-4-11)9-16(18)14-8-7-13(19-2)10-15(14)17/h3-8,10,16H,9,18H2,1-2H3. The van der Waals surface area contributed by atoms with Crippen LogP contribution in [0.5, 0.6) is 5.75 Å². The van der Waals surface area contributed by atoms with Gasteiger partial charge in [0.05, 0.1) is 7.11 Å². The van der Waals surface area contributed by atoms with E-state index in [9.17, 15) is 0 Å². The molecule has 0 bridgehead atoms. The Morgan fingerprint density at radius 1 is 1.16 bits per heavy atom. The maximum absolute atomic E-state index is 6.23. The van der Waals surface area contributed by atoms with E-state index >= 15 is 0 Å². The highest BCUT2D eigenvalue weighted by Gasteiger charge is 2.11. The summed E-state index contributed by atoms with van der Waals surface area (Å²) in [7, 11) is 1.62. The van der Waals surface area contributed by atoms with Gasteiger partial charge in [-0.3, -0.25) is 0 Å². The summed E-state index contributed by atoms with van der Waals surface area (Å²) in [5, 5.41) is 0.652. The molecule has 19 heavy (non-hydrogen) atoms. The van der Waals surface area contributed by atoms with Crippen molar-refractivity contribution in [2.75, 3.05) is 7.11 Å². The molecule has 0 spiro atoms. The van der Waals surface area contributed by atoms with E-state index in [1.54, 1.807) is 13.2 Å². The second-order valence-electron chi connectivity index (χ2n) is 4.68. The molecule has 2 N–H and O–H groups in total. The number of rotatable bonds is 4. The van der Waals surface area contributed by atoms with E-state index in [0.29, 0.717) is 5.02 Å². The molecule has 1 unspecified atom stereocenters. The molecule has 0 aliphatic heterocycles. The lowest BCUT2D eigenvalue weighted by atomic mass is 9.99. The average Bonchev–Trinajstić information content (AvgIpc) is 2.41. The number of benzene rings is 2. The lowest BCUT2D eigenvalue weighted by Crippen LogP contribution is -2.13. The summed E-state index contributed by atoms with van der Waals surface area (Å²) in [5.74, 6) is 0.747. The Balaban J connectivity index is 2.15. The van der Waals surface area contributed by atoms with Gasteiger partial charge in [0, 0.05) is 11.1 Å². The molecule has 3 heteroatoms. The predicted octanol–water partition coefficient (Wildman–Crippen LogP) is 3.90. The quantitative estimate of drug-likeness (QED) is 0.918. The number of nitrogens with two attached hydrogens (primary N) is 1. The third-order valence-corrected chi connectivity index (χ3v) is 3.51. The fourth-order valence-corrected chi connectivity index (χ4v) is 2.33. The Bertz CT molecular complexity index is 551. The molecule has 2 aromatic carbocycles. The first kappa shape index (κ1) is 13.9. The Morgan fingerprint density at radius 2 is 1.84 bits per heavy atom. The van der Waals surface area contributed by atoms with Crippen LogP contribution in [0.25, 0.3) is 0 Å². The van der Waals surface area contributed by atoms with E-state index in [2.05, 4.69) is 31.2 Å². The summed E-state index contributed by atoms with van der Waals surface area (Å²) in [6.45, 7) is 2.07. The van der Waals surface area contributed by atoms with E-state index in [1.807, 2.05) is 12.1 Å². The minimum absolute atomic E-state index is 0.110. The number of ether oxygens (including phenoxy) is 1. The van der Waals surface area contributed by atoms with Crippen molar-refractivity contribution in [1.29, 1.82) is 0 Å². The minimum atomic E-state index is -0.110. The SMILES string of the molecule is COc1ccc(C(N)Cc2ccc(C)cc2)c(Cl)c1. The van der Waals surface area contributed by atoms with Crippen LogP contribution in [0.4, 0.5) is 0 Å². The largest absolute Gasteiger partial charge is 0.497 e. The fourth-order valence-electron chi connectivity index (χ4n) is 2.02. The molecule has 0 radical (unpaired) electrons. The van der Waals surface area contributed by atoms with Gasteiger partial charge < -0.3 is 10.5 Å². The van der Waals surface area contributed by atoms with Crippen molar-refractivity contribution >= 4 is 11.6 Å². The molecule has 0 aliphatic carbocycles. The van der Waals surface area contributed by atoms with Crippen LogP contribution < -0.4 is 10.5 Å². The smallest absolute Gasteiger partial charge is 0.120 e. The maximum Gasteiger partial charge on any atom is 0.120 e. The lowest BCUT2D eigenvalue weighted by molar-refractivity contribution is 0.414. The highest BCUT2D eigenvalue weighted by Crippen LogP contribution is 2.28. The molecule has 0 amide bonds. The van der Waals surface area contributed by atoms with Crippen molar-refractivity contribution in [3.05, 3.63) is 64.2 Å². The van der Waals surface area contributed by atoms with Gasteiger partial charge in [0.1, 0.15) is 5.75 Å². The molecule has 2 rings (SSSR count). The monoisotopic (exact) mass is 275 g/mol. The second kappa shape index (κ2) is 6.09. The maximum atomic E-state index is 6.23. The Kier molecular flexibility index (Phi) is 4.46. The van der Waals surface area contributed by atoms with E-state index in [0.717, 1.165) is 17.7 Å². The van der Waals surface area contributed by atoms with E-state index in [4.69, 9.17) is 22.1 Å². The molecule has 0 saturated heterocycles. The van der Waals surface area contributed by atoms with Gasteiger partial charge in [0.2, 0.25) is 0 Å². The highest BCUT2D eigenvalue weighted by molar-refractivity contribution is 6.31. The summed E-state index contributed by atoms with van der Waals surface area (Å²) in [5.41, 5.74) is 9.64. The van der Waals surface area contributed by atoms with E-state index in [1.165, 1.54) is 11.1 Å². The summed E-state index contributed by atoms with van der Waals surface area (Å²) in [4.78, 5) is 0. The average molecular weight is 276 g/mol. The number of hydrogen-bond acceptors (Lipinski definition) is 2. The zero-order valence-corrected chi connectivity index (χ0v) is 11.9. The summed E-state index contributed by atoms with van der Waals surface area (Å²) >= 11 is 6.23. The third-order valence-electron chi connectivity index (χ3n) is 3.18. The number of halogens is 1. The fraction of sp³-hybridized carbons (Fsp3) is 0.250. The van der Waals surface area contributed by atoms with Crippen LogP contribution in [0.1, 0.15) is 22.7 Å². The van der Waals surface area contributed by atoms with Crippen LogP contribution in [0, 0.1) is 6.92 Å². The number of hydrogen-bond donors (Lipinski definition) is 1. The summed E-state index contributed by atoms with van der Waals surface area (Å²) in [6.07, 6.45) is 0.770. The van der Waals surface area contributed by atoms with Crippen molar-refractivity contribution in [2.24, 2.45) is 5.73 Å². The van der Waals surface area contributed by atoms with Crippen molar-refractivity contribution in [1.82, 2.24) is 0 Å². The first-order valence-corrected chi connectivity index (χ1v) is 6.62. The van der Waals surface area contributed by atoms with Crippen molar-refractivity contribution in [3.63, 3.8) is 0 Å². The molecular weight excluding hydrogens is 258 g/mol. The van der Waals surface area contributed by atoms with Gasteiger partial charge in [-0.1, -0.05) is 47.5 Å². The van der Waals surface area contributed by atoms with Gasteiger partial charge in [0.15, 0.2) is 0 Å². The number of methoxy groups -OCH3 is 1. The molecule has 2 aromatic rings. The van der Waals surface area contributed by atoms with Crippen LogP contribution in [0.2, 0.25) is 5.02 Å². The van der Waals surface area contributed by atoms with Crippen LogP contribution in [0.15, 0.2) is 42.5 Å². The van der Waals surface area contributed by atoms with E-state index in [-0.39, 0.29) is 6.04 Å². The van der Waals surface area contributed by atoms with Crippen LogP contribution in [-0.4, -0.2) is 7.11 Å². The summed E-state index contributed by atoms with van der Waals surface area (Å²) in [6, 6.07) is 13.9. The predicted molar refractivity (Wildman–Crippen MR) is 79.8 cm³/mol. The van der Waals surface area contributed by atoms with Gasteiger partial charge in [-0.25, -0.2) is 0 Å². The topological polar surface area (TPSA) is 35.2 Å². The zero-order chi connectivity index (χ0) is 13.8. The Morgan fingerprint density at radius 3 is 2.42 bits per heavy atom. The van der Waals surface area contributed by atoms with Crippen LogP contribution in [-0.2, 0) is 6.42 Å². The Labute approximate surface area is 119 Å². The molecule has 2 nitrogen and oxygen atoms in total. The molecule has 100 valence electrons. The van der Waals surface area contributed by atoms with Gasteiger partial charge in [0.25, 0.3) is 0 Å². The molecule has 0 aromatic heterocycles. The number of aryl methyl sites for hydroxylation is 1. The minimum Gasteiger partial charge on any atom is -0.497 e. The molecular formula is C16H18ClNO. The first-order valence-electron chi connectivity index (χ1n) is 6.24. The highest BCUT2D eigenvalue weighted by atomic mass is 35.5. The third kappa shape index (κ3) is 3.49. The van der Waals surface area contributed by atoms with Crippen molar-refractivity contribution in [2.45, 2.75) is 19.4 Å². The normalized spacial score (nSPS) is 12.2.